The van der Waals surface area contributed by atoms with E-state index in [0.717, 1.165) is 6.07 Å². The predicted octanol–water partition coefficient (Wildman–Crippen LogP) is 4.41. The van der Waals surface area contributed by atoms with Crippen LogP contribution in [0.15, 0.2) is 42.6 Å². The first kappa shape index (κ1) is 16.9. The molecule has 9 heteroatoms. The Kier molecular flexibility index (Phi) is 4.69. The Morgan fingerprint density at radius 3 is 2.56 bits per heavy atom. The summed E-state index contributed by atoms with van der Waals surface area (Å²) in [6.45, 7) is 0. The van der Waals surface area contributed by atoms with E-state index in [1.165, 1.54) is 12.3 Å². The molecule has 0 aliphatic heterocycles. The first-order valence-electron chi connectivity index (χ1n) is 6.93. The molecule has 1 amide bonds. The third kappa shape index (κ3) is 3.78. The van der Waals surface area contributed by atoms with Gasteiger partial charge in [-0.2, -0.15) is 5.10 Å². The summed E-state index contributed by atoms with van der Waals surface area (Å²) in [7, 11) is 0. The summed E-state index contributed by atoms with van der Waals surface area (Å²) in [5.74, 6) is -0.456. The van der Waals surface area contributed by atoms with Crippen molar-refractivity contribution in [1.82, 2.24) is 10.2 Å². The molecular weight excluding hydrogens is 369 g/mol. The minimum atomic E-state index is -0.755. The summed E-state index contributed by atoms with van der Waals surface area (Å²) >= 11 is 11.6. The standard InChI is InChI=1S/C16H11Cl2N3O4/c17-8-1-3-9(4-2-8)20-16(24)25-14-7-19-21-15(14)10-5-11(18)13(23)6-12(10)22/h1-7,22-23H,(H,19,21)(H,20,24). The van der Waals surface area contributed by atoms with Gasteiger partial charge in [0.2, 0.25) is 0 Å². The number of rotatable bonds is 3. The number of phenols is 2. The van der Waals surface area contributed by atoms with Crippen LogP contribution in [0, 0.1) is 0 Å². The van der Waals surface area contributed by atoms with Crippen LogP contribution >= 0.6 is 23.2 Å². The number of nitrogens with zero attached hydrogens (tertiary/aromatic N) is 1. The van der Waals surface area contributed by atoms with Crippen LogP contribution in [0.2, 0.25) is 10.0 Å². The molecule has 0 aliphatic carbocycles. The van der Waals surface area contributed by atoms with E-state index >= 15 is 0 Å². The number of carbonyl (C=O) groups excluding carboxylic acids is 1. The average Bonchev–Trinajstić information content (AvgIpc) is 3.01. The monoisotopic (exact) mass is 379 g/mol. The SMILES string of the molecule is O=C(Nc1ccc(Cl)cc1)Oc1cn[nH]c1-c1cc(Cl)c(O)cc1O. The number of carbonyl (C=O) groups is 1. The Bertz CT molecular complexity index is 926. The molecule has 1 heterocycles. The van der Waals surface area contributed by atoms with E-state index in [1.54, 1.807) is 24.3 Å². The van der Waals surface area contributed by atoms with Crippen molar-refractivity contribution >= 4 is 35.0 Å². The van der Waals surface area contributed by atoms with E-state index in [2.05, 4.69) is 15.5 Å². The number of halogens is 2. The van der Waals surface area contributed by atoms with Gasteiger partial charge in [-0.15, -0.1) is 0 Å². The lowest BCUT2D eigenvalue weighted by molar-refractivity contribution is 0.215. The lowest BCUT2D eigenvalue weighted by Gasteiger charge is -2.09. The second-order valence-electron chi connectivity index (χ2n) is 4.95. The summed E-state index contributed by atoms with van der Waals surface area (Å²) in [5, 5.41) is 29.0. The minimum absolute atomic E-state index is 0.0268. The molecule has 128 valence electrons. The number of phenolic OH excluding ortho intramolecular Hbond substituents is 2. The highest BCUT2D eigenvalue weighted by Gasteiger charge is 2.18. The van der Waals surface area contributed by atoms with Crippen molar-refractivity contribution in [3.8, 4) is 28.5 Å². The number of H-pyrrole nitrogens is 1. The van der Waals surface area contributed by atoms with Crippen molar-refractivity contribution in [1.29, 1.82) is 0 Å². The molecule has 0 saturated heterocycles. The molecule has 0 radical (unpaired) electrons. The lowest BCUT2D eigenvalue weighted by Crippen LogP contribution is -2.16. The quantitative estimate of drug-likeness (QED) is 0.539. The third-order valence-corrected chi connectivity index (χ3v) is 3.79. The van der Waals surface area contributed by atoms with Gasteiger partial charge in [-0.25, -0.2) is 4.79 Å². The van der Waals surface area contributed by atoms with E-state index in [1.807, 2.05) is 0 Å². The highest BCUT2D eigenvalue weighted by Crippen LogP contribution is 2.39. The molecule has 25 heavy (non-hydrogen) atoms. The zero-order chi connectivity index (χ0) is 18.0. The van der Waals surface area contributed by atoms with E-state index in [4.69, 9.17) is 27.9 Å². The van der Waals surface area contributed by atoms with Crippen molar-refractivity contribution in [2.45, 2.75) is 0 Å². The van der Waals surface area contributed by atoms with Crippen LogP contribution in [0.5, 0.6) is 17.2 Å². The van der Waals surface area contributed by atoms with Gasteiger partial charge in [-0.3, -0.25) is 10.4 Å². The van der Waals surface area contributed by atoms with E-state index in [-0.39, 0.29) is 33.5 Å². The molecule has 0 atom stereocenters. The number of aromatic hydroxyl groups is 2. The Morgan fingerprint density at radius 1 is 1.12 bits per heavy atom. The second-order valence-corrected chi connectivity index (χ2v) is 5.80. The smallest absolute Gasteiger partial charge is 0.417 e. The summed E-state index contributed by atoms with van der Waals surface area (Å²) in [6, 6.07) is 8.88. The van der Waals surface area contributed by atoms with E-state index < -0.39 is 6.09 Å². The number of hydrogen-bond acceptors (Lipinski definition) is 5. The molecule has 0 aliphatic rings. The van der Waals surface area contributed by atoms with Crippen LogP contribution in [-0.2, 0) is 0 Å². The number of aromatic amines is 1. The Hall–Kier alpha value is -2.90. The van der Waals surface area contributed by atoms with Crippen molar-refractivity contribution in [3.05, 3.63) is 52.6 Å². The summed E-state index contributed by atoms with van der Waals surface area (Å²) < 4.78 is 5.21. The van der Waals surface area contributed by atoms with Crippen LogP contribution in [-0.4, -0.2) is 26.5 Å². The van der Waals surface area contributed by atoms with Crippen LogP contribution in [0.25, 0.3) is 11.3 Å². The maximum atomic E-state index is 12.0. The van der Waals surface area contributed by atoms with Crippen LogP contribution in [0.3, 0.4) is 0 Å². The molecule has 7 nitrogen and oxygen atoms in total. The van der Waals surface area contributed by atoms with Gasteiger partial charge < -0.3 is 14.9 Å². The fourth-order valence-corrected chi connectivity index (χ4v) is 2.36. The fraction of sp³-hybridized carbons (Fsp3) is 0. The molecule has 0 bridgehead atoms. The van der Waals surface area contributed by atoms with E-state index in [0.29, 0.717) is 10.7 Å². The number of nitrogens with one attached hydrogen (secondary N) is 2. The normalized spacial score (nSPS) is 10.5. The highest BCUT2D eigenvalue weighted by molar-refractivity contribution is 6.32. The molecule has 2 aromatic carbocycles. The fourth-order valence-electron chi connectivity index (χ4n) is 2.07. The van der Waals surface area contributed by atoms with Crippen LogP contribution in [0.1, 0.15) is 0 Å². The van der Waals surface area contributed by atoms with Gasteiger partial charge in [0.05, 0.1) is 11.2 Å². The maximum absolute atomic E-state index is 12.0. The molecule has 0 unspecified atom stereocenters. The molecule has 0 fully saturated rings. The van der Waals surface area contributed by atoms with Gasteiger partial charge in [0.15, 0.2) is 5.75 Å². The van der Waals surface area contributed by atoms with Crippen molar-refractivity contribution < 1.29 is 19.7 Å². The zero-order valence-electron chi connectivity index (χ0n) is 12.5. The molecular formula is C16H11Cl2N3O4. The van der Waals surface area contributed by atoms with Crippen LogP contribution < -0.4 is 10.1 Å². The van der Waals surface area contributed by atoms with Gasteiger partial charge in [0, 0.05) is 22.3 Å². The third-order valence-electron chi connectivity index (χ3n) is 3.23. The topological polar surface area (TPSA) is 107 Å². The highest BCUT2D eigenvalue weighted by atomic mass is 35.5. The van der Waals surface area contributed by atoms with Crippen LogP contribution in [0.4, 0.5) is 10.5 Å². The van der Waals surface area contributed by atoms with Gasteiger partial charge >= 0.3 is 6.09 Å². The first-order valence-corrected chi connectivity index (χ1v) is 7.69. The van der Waals surface area contributed by atoms with Gasteiger partial charge in [-0.05, 0) is 30.3 Å². The largest absolute Gasteiger partial charge is 0.507 e. The number of hydrogen-bond donors (Lipinski definition) is 4. The van der Waals surface area contributed by atoms with Crippen molar-refractivity contribution in [2.24, 2.45) is 0 Å². The average molecular weight is 380 g/mol. The van der Waals surface area contributed by atoms with Crippen molar-refractivity contribution in [3.63, 3.8) is 0 Å². The summed E-state index contributed by atoms with van der Waals surface area (Å²) in [4.78, 5) is 12.0. The second kappa shape index (κ2) is 6.92. The van der Waals surface area contributed by atoms with Crippen molar-refractivity contribution in [2.75, 3.05) is 5.32 Å². The summed E-state index contributed by atoms with van der Waals surface area (Å²) in [6.07, 6.45) is 0.520. The lowest BCUT2D eigenvalue weighted by atomic mass is 10.1. The number of anilines is 1. The minimum Gasteiger partial charge on any atom is -0.507 e. The molecule has 0 saturated carbocycles. The predicted molar refractivity (Wildman–Crippen MR) is 93.5 cm³/mol. The molecule has 1 aromatic heterocycles. The van der Waals surface area contributed by atoms with Gasteiger partial charge in [0.25, 0.3) is 0 Å². The van der Waals surface area contributed by atoms with Gasteiger partial charge in [0.1, 0.15) is 17.2 Å². The molecule has 3 rings (SSSR count). The maximum Gasteiger partial charge on any atom is 0.417 e. The molecule has 4 N–H and O–H groups in total. The number of ether oxygens (including phenoxy) is 1. The Labute approximate surface area is 151 Å². The van der Waals surface area contributed by atoms with Gasteiger partial charge in [-0.1, -0.05) is 23.2 Å². The zero-order valence-corrected chi connectivity index (χ0v) is 14.0. The molecule has 3 aromatic rings. The number of benzene rings is 2. The molecule has 0 spiro atoms. The number of amides is 1. The first-order chi connectivity index (χ1) is 11.9. The number of aromatic nitrogens is 2. The Balaban J connectivity index is 1.81. The van der Waals surface area contributed by atoms with E-state index in [9.17, 15) is 15.0 Å². The summed E-state index contributed by atoms with van der Waals surface area (Å²) in [5.41, 5.74) is 0.940. The Morgan fingerprint density at radius 2 is 1.84 bits per heavy atom.